The van der Waals surface area contributed by atoms with E-state index in [0.29, 0.717) is 0 Å². The predicted octanol–water partition coefficient (Wildman–Crippen LogP) is 2.54. The first-order valence-corrected chi connectivity index (χ1v) is 5.57. The fourth-order valence-corrected chi connectivity index (χ4v) is 2.07. The number of nitrogens with zero attached hydrogens (tertiary/aromatic N) is 2. The highest BCUT2D eigenvalue weighted by Crippen LogP contribution is 2.28. The standard InChI is InChI=1S/C11H11FN2OS/c1-14(9-4-2-3-8(12)5-9)11-13-6-10(7-15)16-11/h2-6,15H,7H2,1H3. The van der Waals surface area contributed by atoms with E-state index in [2.05, 4.69) is 4.98 Å². The average molecular weight is 238 g/mol. The van der Waals surface area contributed by atoms with Crippen LogP contribution >= 0.6 is 11.3 Å². The number of hydrogen-bond acceptors (Lipinski definition) is 4. The minimum absolute atomic E-state index is 0.0192. The summed E-state index contributed by atoms with van der Waals surface area (Å²) < 4.78 is 13.0. The Morgan fingerprint density at radius 1 is 1.50 bits per heavy atom. The quantitative estimate of drug-likeness (QED) is 0.892. The van der Waals surface area contributed by atoms with Crippen LogP contribution in [0, 0.1) is 5.82 Å². The molecule has 0 saturated carbocycles. The van der Waals surface area contributed by atoms with Crippen LogP contribution in [-0.2, 0) is 6.61 Å². The Hall–Kier alpha value is -1.46. The van der Waals surface area contributed by atoms with Gasteiger partial charge in [-0.05, 0) is 18.2 Å². The minimum atomic E-state index is -0.275. The third-order valence-electron chi connectivity index (χ3n) is 2.18. The van der Waals surface area contributed by atoms with Crippen molar-refractivity contribution < 1.29 is 9.50 Å². The van der Waals surface area contributed by atoms with E-state index in [1.54, 1.807) is 17.2 Å². The van der Waals surface area contributed by atoms with Gasteiger partial charge in [0.25, 0.3) is 0 Å². The minimum Gasteiger partial charge on any atom is -0.391 e. The highest BCUT2D eigenvalue weighted by atomic mass is 32.1. The van der Waals surface area contributed by atoms with E-state index >= 15 is 0 Å². The van der Waals surface area contributed by atoms with Crippen LogP contribution < -0.4 is 4.90 Å². The van der Waals surface area contributed by atoms with Gasteiger partial charge in [-0.25, -0.2) is 9.37 Å². The molecule has 16 heavy (non-hydrogen) atoms. The number of halogens is 1. The van der Waals surface area contributed by atoms with Crippen molar-refractivity contribution in [3.63, 3.8) is 0 Å². The van der Waals surface area contributed by atoms with Crippen LogP contribution in [0.15, 0.2) is 30.5 Å². The average Bonchev–Trinajstić information content (AvgIpc) is 2.76. The molecule has 0 atom stereocenters. The molecular formula is C11H11FN2OS. The van der Waals surface area contributed by atoms with Gasteiger partial charge >= 0.3 is 0 Å². The largest absolute Gasteiger partial charge is 0.391 e. The van der Waals surface area contributed by atoms with Crippen molar-refractivity contribution >= 4 is 22.2 Å². The summed E-state index contributed by atoms with van der Waals surface area (Å²) in [4.78, 5) is 6.73. The molecule has 0 aliphatic heterocycles. The van der Waals surface area contributed by atoms with Crippen molar-refractivity contribution in [2.45, 2.75) is 6.61 Å². The Kier molecular flexibility index (Phi) is 3.17. The number of aliphatic hydroxyl groups is 1. The third kappa shape index (κ3) is 2.20. The summed E-state index contributed by atoms with van der Waals surface area (Å²) in [5.74, 6) is -0.275. The van der Waals surface area contributed by atoms with Crippen molar-refractivity contribution in [3.8, 4) is 0 Å². The molecule has 1 aromatic carbocycles. The molecule has 0 aliphatic rings. The van der Waals surface area contributed by atoms with Crippen molar-refractivity contribution in [2.24, 2.45) is 0 Å². The summed E-state index contributed by atoms with van der Waals surface area (Å²) in [6.45, 7) is -0.0192. The smallest absolute Gasteiger partial charge is 0.189 e. The highest BCUT2D eigenvalue weighted by molar-refractivity contribution is 7.15. The maximum absolute atomic E-state index is 13.0. The number of rotatable bonds is 3. The molecule has 2 rings (SSSR count). The first-order chi connectivity index (χ1) is 7.70. The molecule has 0 aliphatic carbocycles. The molecule has 1 N–H and O–H groups in total. The van der Waals surface area contributed by atoms with Crippen molar-refractivity contribution in [3.05, 3.63) is 41.2 Å². The lowest BCUT2D eigenvalue weighted by molar-refractivity contribution is 0.285. The van der Waals surface area contributed by atoms with Gasteiger partial charge in [-0.15, -0.1) is 0 Å². The van der Waals surface area contributed by atoms with Gasteiger partial charge in [0.2, 0.25) is 0 Å². The fraction of sp³-hybridized carbons (Fsp3) is 0.182. The molecule has 0 saturated heterocycles. The molecule has 0 radical (unpaired) electrons. The molecule has 1 aromatic heterocycles. The van der Waals surface area contributed by atoms with Gasteiger partial charge in [-0.3, -0.25) is 0 Å². The second-order valence-electron chi connectivity index (χ2n) is 3.31. The maximum Gasteiger partial charge on any atom is 0.189 e. The monoisotopic (exact) mass is 238 g/mol. The molecule has 84 valence electrons. The number of aromatic nitrogens is 1. The van der Waals surface area contributed by atoms with E-state index < -0.39 is 0 Å². The summed E-state index contributed by atoms with van der Waals surface area (Å²) in [7, 11) is 1.81. The molecular weight excluding hydrogens is 227 g/mol. The third-order valence-corrected chi connectivity index (χ3v) is 3.24. The van der Waals surface area contributed by atoms with Gasteiger partial charge in [0, 0.05) is 18.9 Å². The SMILES string of the molecule is CN(c1cccc(F)c1)c1ncc(CO)s1. The van der Waals surface area contributed by atoms with Crippen LogP contribution in [-0.4, -0.2) is 17.1 Å². The molecule has 3 nitrogen and oxygen atoms in total. The van der Waals surface area contributed by atoms with Gasteiger partial charge in [-0.2, -0.15) is 0 Å². The molecule has 5 heteroatoms. The van der Waals surface area contributed by atoms with Crippen LogP contribution in [0.25, 0.3) is 0 Å². The lowest BCUT2D eigenvalue weighted by Crippen LogP contribution is -2.08. The fourth-order valence-electron chi connectivity index (χ4n) is 1.32. The molecule has 0 fully saturated rings. The van der Waals surface area contributed by atoms with E-state index in [-0.39, 0.29) is 12.4 Å². The molecule has 2 aromatic rings. The second kappa shape index (κ2) is 4.59. The van der Waals surface area contributed by atoms with Gasteiger partial charge in [0.15, 0.2) is 5.13 Å². The molecule has 0 unspecified atom stereocenters. The van der Waals surface area contributed by atoms with E-state index in [0.717, 1.165) is 15.7 Å². The predicted molar refractivity (Wildman–Crippen MR) is 62.5 cm³/mol. The summed E-state index contributed by atoms with van der Waals surface area (Å²) in [6, 6.07) is 6.31. The summed E-state index contributed by atoms with van der Waals surface area (Å²) in [6.07, 6.45) is 1.62. The van der Waals surface area contributed by atoms with Crippen molar-refractivity contribution in [1.29, 1.82) is 0 Å². The molecule has 0 amide bonds. The highest BCUT2D eigenvalue weighted by Gasteiger charge is 2.09. The Morgan fingerprint density at radius 2 is 2.31 bits per heavy atom. The summed E-state index contributed by atoms with van der Waals surface area (Å²) in [5, 5.41) is 9.67. The maximum atomic E-state index is 13.0. The van der Waals surface area contributed by atoms with E-state index in [9.17, 15) is 4.39 Å². The lowest BCUT2D eigenvalue weighted by atomic mass is 10.3. The number of anilines is 2. The van der Waals surface area contributed by atoms with Crippen LogP contribution in [0.4, 0.5) is 15.2 Å². The zero-order valence-corrected chi connectivity index (χ0v) is 9.54. The van der Waals surface area contributed by atoms with Gasteiger partial charge in [-0.1, -0.05) is 17.4 Å². The topological polar surface area (TPSA) is 36.4 Å². The molecule has 1 heterocycles. The van der Waals surface area contributed by atoms with Gasteiger partial charge in [0.1, 0.15) is 5.82 Å². The van der Waals surface area contributed by atoms with Crippen LogP contribution in [0.1, 0.15) is 4.88 Å². The summed E-state index contributed by atoms with van der Waals surface area (Å²) >= 11 is 1.38. The Bertz CT molecular complexity index is 486. The first-order valence-electron chi connectivity index (χ1n) is 4.75. The molecule has 0 bridgehead atoms. The first kappa shape index (κ1) is 11.0. The second-order valence-corrected chi connectivity index (χ2v) is 4.40. The van der Waals surface area contributed by atoms with Crippen LogP contribution in [0.5, 0.6) is 0 Å². The Labute approximate surface area is 96.8 Å². The zero-order chi connectivity index (χ0) is 11.5. The number of hydrogen-bond donors (Lipinski definition) is 1. The lowest BCUT2D eigenvalue weighted by Gasteiger charge is -2.15. The zero-order valence-electron chi connectivity index (χ0n) is 8.72. The Balaban J connectivity index is 2.27. The number of benzene rings is 1. The molecule has 0 spiro atoms. The van der Waals surface area contributed by atoms with Gasteiger partial charge in [0.05, 0.1) is 11.5 Å². The normalized spacial score (nSPS) is 10.4. The summed E-state index contributed by atoms with van der Waals surface area (Å²) in [5.41, 5.74) is 0.735. The van der Waals surface area contributed by atoms with E-state index in [1.165, 1.54) is 23.5 Å². The van der Waals surface area contributed by atoms with Crippen LogP contribution in [0.3, 0.4) is 0 Å². The van der Waals surface area contributed by atoms with Crippen molar-refractivity contribution in [2.75, 3.05) is 11.9 Å². The Morgan fingerprint density at radius 3 is 2.94 bits per heavy atom. The van der Waals surface area contributed by atoms with E-state index in [1.807, 2.05) is 13.1 Å². The van der Waals surface area contributed by atoms with E-state index in [4.69, 9.17) is 5.11 Å². The number of aliphatic hydroxyl groups excluding tert-OH is 1. The number of thiazole rings is 1. The van der Waals surface area contributed by atoms with Crippen molar-refractivity contribution in [1.82, 2.24) is 4.98 Å². The van der Waals surface area contributed by atoms with Crippen LogP contribution in [0.2, 0.25) is 0 Å². The van der Waals surface area contributed by atoms with Gasteiger partial charge < -0.3 is 10.0 Å².